The molecule has 1 amide bonds. The summed E-state index contributed by atoms with van der Waals surface area (Å²) in [5.41, 5.74) is 1.70. The van der Waals surface area contributed by atoms with Crippen LogP contribution in [0.1, 0.15) is 25.0 Å². The van der Waals surface area contributed by atoms with Gasteiger partial charge in [0.1, 0.15) is 6.10 Å². The molecule has 0 spiro atoms. The number of hydrogen-bond donors (Lipinski definition) is 1. The maximum atomic E-state index is 12.1. The van der Waals surface area contributed by atoms with E-state index in [4.69, 9.17) is 4.74 Å². The Morgan fingerprint density at radius 3 is 2.64 bits per heavy atom. The van der Waals surface area contributed by atoms with Crippen LogP contribution in [0, 0.1) is 6.92 Å². The summed E-state index contributed by atoms with van der Waals surface area (Å²) in [6.45, 7) is 6.18. The molecule has 1 unspecified atom stereocenters. The van der Waals surface area contributed by atoms with Crippen molar-refractivity contribution in [3.05, 3.63) is 35.4 Å². The SMILES string of the molecule is Cc1ccccc1CS(=O)(=O)NCC1CN(C(C)C)C(=O)O1. The lowest BCUT2D eigenvalue weighted by Gasteiger charge is -2.17. The molecule has 122 valence electrons. The van der Waals surface area contributed by atoms with Gasteiger partial charge in [-0.15, -0.1) is 0 Å². The molecule has 22 heavy (non-hydrogen) atoms. The molecule has 1 fully saturated rings. The highest BCUT2D eigenvalue weighted by atomic mass is 32.2. The summed E-state index contributed by atoms with van der Waals surface area (Å²) in [4.78, 5) is 13.2. The number of cyclic esters (lactones) is 1. The number of sulfonamides is 1. The van der Waals surface area contributed by atoms with E-state index in [0.29, 0.717) is 6.54 Å². The lowest BCUT2D eigenvalue weighted by molar-refractivity contribution is 0.130. The Morgan fingerprint density at radius 2 is 2.05 bits per heavy atom. The van der Waals surface area contributed by atoms with Crippen LogP contribution in [0.15, 0.2) is 24.3 Å². The summed E-state index contributed by atoms with van der Waals surface area (Å²) < 4.78 is 32.0. The van der Waals surface area contributed by atoms with Crippen molar-refractivity contribution in [3.8, 4) is 0 Å². The number of carbonyl (C=O) groups excluding carboxylic acids is 1. The first-order valence-electron chi connectivity index (χ1n) is 7.27. The highest BCUT2D eigenvalue weighted by Crippen LogP contribution is 2.15. The Hall–Kier alpha value is -1.60. The number of carbonyl (C=O) groups is 1. The van der Waals surface area contributed by atoms with E-state index in [1.807, 2.05) is 39.0 Å². The Kier molecular flexibility index (Phi) is 5.08. The smallest absolute Gasteiger partial charge is 0.410 e. The van der Waals surface area contributed by atoms with Gasteiger partial charge in [-0.25, -0.2) is 17.9 Å². The molecule has 0 aromatic heterocycles. The fourth-order valence-corrected chi connectivity index (χ4v) is 3.59. The summed E-state index contributed by atoms with van der Waals surface area (Å²) in [6.07, 6.45) is -0.834. The van der Waals surface area contributed by atoms with Gasteiger partial charge in [0.2, 0.25) is 10.0 Å². The summed E-state index contributed by atoms with van der Waals surface area (Å²) in [6, 6.07) is 7.41. The van der Waals surface area contributed by atoms with Crippen LogP contribution in [0.5, 0.6) is 0 Å². The molecule has 1 aromatic rings. The third-order valence-electron chi connectivity index (χ3n) is 3.66. The number of ether oxygens (including phenoxy) is 1. The maximum Gasteiger partial charge on any atom is 0.410 e. The first kappa shape index (κ1) is 16.8. The van der Waals surface area contributed by atoms with Crippen LogP contribution in [0.4, 0.5) is 4.79 Å². The van der Waals surface area contributed by atoms with Crippen molar-refractivity contribution in [1.82, 2.24) is 9.62 Å². The van der Waals surface area contributed by atoms with E-state index in [9.17, 15) is 13.2 Å². The molecule has 1 heterocycles. The van der Waals surface area contributed by atoms with Crippen LogP contribution in [0.25, 0.3) is 0 Å². The summed E-state index contributed by atoms with van der Waals surface area (Å²) in [5, 5.41) is 0. The van der Waals surface area contributed by atoms with Crippen LogP contribution < -0.4 is 4.72 Å². The number of nitrogens with zero attached hydrogens (tertiary/aromatic N) is 1. The van der Waals surface area contributed by atoms with Crippen molar-refractivity contribution >= 4 is 16.1 Å². The van der Waals surface area contributed by atoms with Gasteiger partial charge in [0.15, 0.2) is 0 Å². The van der Waals surface area contributed by atoms with Gasteiger partial charge < -0.3 is 9.64 Å². The molecule has 0 radical (unpaired) electrons. The standard InChI is InChI=1S/C15H22N2O4S/c1-11(2)17-9-14(21-15(17)18)8-16-22(19,20)10-13-7-5-4-6-12(13)3/h4-7,11,14,16H,8-10H2,1-3H3. The topological polar surface area (TPSA) is 75.7 Å². The third-order valence-corrected chi connectivity index (χ3v) is 4.96. The van der Waals surface area contributed by atoms with Gasteiger partial charge in [0, 0.05) is 12.6 Å². The van der Waals surface area contributed by atoms with Gasteiger partial charge in [-0.1, -0.05) is 24.3 Å². The fraction of sp³-hybridized carbons (Fsp3) is 0.533. The van der Waals surface area contributed by atoms with E-state index in [-0.39, 0.29) is 18.3 Å². The van der Waals surface area contributed by atoms with Crippen LogP contribution in [-0.4, -0.2) is 44.6 Å². The van der Waals surface area contributed by atoms with E-state index in [1.54, 1.807) is 11.0 Å². The van der Waals surface area contributed by atoms with Crippen molar-refractivity contribution in [2.75, 3.05) is 13.1 Å². The van der Waals surface area contributed by atoms with Crippen molar-refractivity contribution in [3.63, 3.8) is 0 Å². The van der Waals surface area contributed by atoms with Crippen LogP contribution >= 0.6 is 0 Å². The normalized spacial score (nSPS) is 18.8. The zero-order valence-corrected chi connectivity index (χ0v) is 13.9. The molecule has 0 aliphatic carbocycles. The summed E-state index contributed by atoms with van der Waals surface area (Å²) >= 11 is 0. The summed E-state index contributed by atoms with van der Waals surface area (Å²) in [5.74, 6) is -0.0752. The van der Waals surface area contributed by atoms with Gasteiger partial charge >= 0.3 is 6.09 Å². The average Bonchev–Trinajstić information content (AvgIpc) is 2.81. The van der Waals surface area contributed by atoms with Crippen molar-refractivity contribution in [2.24, 2.45) is 0 Å². The minimum atomic E-state index is -3.46. The minimum Gasteiger partial charge on any atom is -0.443 e. The van der Waals surface area contributed by atoms with Crippen LogP contribution in [-0.2, 0) is 20.5 Å². The van der Waals surface area contributed by atoms with Crippen molar-refractivity contribution < 1.29 is 17.9 Å². The third kappa shape index (κ3) is 4.20. The van der Waals surface area contributed by atoms with Crippen LogP contribution in [0.3, 0.4) is 0 Å². The van der Waals surface area contributed by atoms with Crippen LogP contribution in [0.2, 0.25) is 0 Å². The molecular weight excluding hydrogens is 304 g/mol. The van der Waals surface area contributed by atoms with E-state index in [1.165, 1.54) is 0 Å². The van der Waals surface area contributed by atoms with E-state index < -0.39 is 22.2 Å². The molecule has 1 aliphatic rings. The number of benzene rings is 1. The number of amides is 1. The average molecular weight is 326 g/mol. The zero-order valence-electron chi connectivity index (χ0n) is 13.1. The fourth-order valence-electron chi connectivity index (χ4n) is 2.32. The number of nitrogens with one attached hydrogen (secondary N) is 1. The Bertz CT molecular complexity index is 643. The molecule has 1 saturated heterocycles. The molecule has 1 N–H and O–H groups in total. The molecule has 2 rings (SSSR count). The quantitative estimate of drug-likeness (QED) is 0.862. The molecule has 0 saturated carbocycles. The molecule has 0 bridgehead atoms. The lowest BCUT2D eigenvalue weighted by atomic mass is 10.1. The van der Waals surface area contributed by atoms with Gasteiger partial charge in [0.25, 0.3) is 0 Å². The van der Waals surface area contributed by atoms with Crippen molar-refractivity contribution in [1.29, 1.82) is 0 Å². The van der Waals surface area contributed by atoms with Crippen molar-refractivity contribution in [2.45, 2.75) is 38.7 Å². The highest BCUT2D eigenvalue weighted by Gasteiger charge is 2.33. The largest absolute Gasteiger partial charge is 0.443 e. The second-order valence-corrected chi connectivity index (χ2v) is 7.59. The predicted molar refractivity (Wildman–Crippen MR) is 83.9 cm³/mol. The maximum absolute atomic E-state index is 12.1. The monoisotopic (exact) mass is 326 g/mol. The predicted octanol–water partition coefficient (Wildman–Crippen LogP) is 1.64. The number of hydrogen-bond acceptors (Lipinski definition) is 4. The van der Waals surface area contributed by atoms with Gasteiger partial charge in [0.05, 0.1) is 12.3 Å². The van der Waals surface area contributed by atoms with Gasteiger partial charge in [-0.05, 0) is 31.9 Å². The molecular formula is C15H22N2O4S. The Labute approximate surface area is 131 Å². The molecule has 1 aromatic carbocycles. The van der Waals surface area contributed by atoms with E-state index >= 15 is 0 Å². The Balaban J connectivity index is 1.91. The second kappa shape index (κ2) is 6.66. The van der Waals surface area contributed by atoms with Gasteiger partial charge in [-0.3, -0.25) is 0 Å². The first-order chi connectivity index (χ1) is 10.3. The first-order valence-corrected chi connectivity index (χ1v) is 8.93. The second-order valence-electron chi connectivity index (χ2n) is 5.79. The lowest BCUT2D eigenvalue weighted by Crippen LogP contribution is -2.36. The Morgan fingerprint density at radius 1 is 1.36 bits per heavy atom. The van der Waals surface area contributed by atoms with E-state index in [2.05, 4.69) is 4.72 Å². The molecule has 7 heteroatoms. The van der Waals surface area contributed by atoms with E-state index in [0.717, 1.165) is 11.1 Å². The number of rotatable bonds is 6. The zero-order chi connectivity index (χ0) is 16.3. The highest BCUT2D eigenvalue weighted by molar-refractivity contribution is 7.88. The molecule has 1 atom stereocenters. The minimum absolute atomic E-state index is 0.0427. The molecule has 6 nitrogen and oxygen atoms in total. The van der Waals surface area contributed by atoms with Gasteiger partial charge in [-0.2, -0.15) is 0 Å². The number of aryl methyl sites for hydroxylation is 1. The molecule has 1 aliphatic heterocycles. The summed E-state index contributed by atoms with van der Waals surface area (Å²) in [7, 11) is -3.46.